The first-order chi connectivity index (χ1) is 13.4. The quantitative estimate of drug-likeness (QED) is 0.778. The summed E-state index contributed by atoms with van der Waals surface area (Å²) in [6, 6.07) is 13.5. The van der Waals surface area contributed by atoms with Gasteiger partial charge in [0.25, 0.3) is 0 Å². The van der Waals surface area contributed by atoms with Crippen LogP contribution in [0, 0.1) is 0 Å². The van der Waals surface area contributed by atoms with Gasteiger partial charge in [0.05, 0.1) is 11.3 Å². The van der Waals surface area contributed by atoms with E-state index < -0.39 is 10.0 Å². The standard InChI is InChI=1S/C20H24ClN3O3S/c1-2-23-11-13-24(14-12-23)28(26,27)18-9-7-17(8-10-18)22-20(25)15-16-5-3-4-6-19(16)21/h3-10H,2,11-15H2,1H3,(H,22,25). The Hall–Kier alpha value is -1.93. The van der Waals surface area contributed by atoms with E-state index in [1.165, 1.54) is 16.4 Å². The number of carbonyl (C=O) groups excluding carboxylic acids is 1. The third kappa shape index (κ3) is 4.91. The summed E-state index contributed by atoms with van der Waals surface area (Å²) >= 11 is 6.08. The van der Waals surface area contributed by atoms with Crippen LogP contribution in [-0.4, -0.2) is 56.3 Å². The van der Waals surface area contributed by atoms with Gasteiger partial charge in [-0.3, -0.25) is 4.79 Å². The van der Waals surface area contributed by atoms with E-state index in [9.17, 15) is 13.2 Å². The number of piperazine rings is 1. The highest BCUT2D eigenvalue weighted by atomic mass is 35.5. The number of nitrogens with zero attached hydrogens (tertiary/aromatic N) is 2. The topological polar surface area (TPSA) is 69.7 Å². The van der Waals surface area contributed by atoms with Crippen molar-refractivity contribution >= 4 is 33.2 Å². The molecule has 0 spiro atoms. The zero-order valence-corrected chi connectivity index (χ0v) is 17.3. The minimum atomic E-state index is -3.52. The Labute approximate surface area is 171 Å². The number of anilines is 1. The fourth-order valence-electron chi connectivity index (χ4n) is 3.17. The Morgan fingerprint density at radius 2 is 1.68 bits per heavy atom. The van der Waals surface area contributed by atoms with E-state index in [0.717, 1.165) is 25.2 Å². The molecule has 2 aromatic rings. The number of amides is 1. The predicted molar refractivity (Wildman–Crippen MR) is 111 cm³/mol. The number of hydrogen-bond acceptors (Lipinski definition) is 4. The second-order valence-electron chi connectivity index (χ2n) is 6.68. The molecule has 1 aliphatic heterocycles. The third-order valence-electron chi connectivity index (χ3n) is 4.86. The van der Waals surface area contributed by atoms with Crippen LogP contribution in [-0.2, 0) is 21.2 Å². The number of nitrogens with one attached hydrogen (secondary N) is 1. The maximum atomic E-state index is 12.8. The number of hydrogen-bond donors (Lipinski definition) is 1. The van der Waals surface area contributed by atoms with Crippen molar-refractivity contribution in [1.82, 2.24) is 9.21 Å². The number of benzene rings is 2. The lowest BCUT2D eigenvalue weighted by Gasteiger charge is -2.33. The number of carbonyl (C=O) groups is 1. The molecule has 2 aromatic carbocycles. The van der Waals surface area contributed by atoms with Gasteiger partial charge in [-0.25, -0.2) is 8.42 Å². The number of likely N-dealkylation sites (N-methyl/N-ethyl adjacent to an activating group) is 1. The van der Waals surface area contributed by atoms with Crippen LogP contribution in [0.3, 0.4) is 0 Å². The average molecular weight is 422 g/mol. The number of halogens is 1. The highest BCUT2D eigenvalue weighted by Gasteiger charge is 2.27. The number of sulfonamides is 1. The van der Waals surface area contributed by atoms with Crippen molar-refractivity contribution < 1.29 is 13.2 Å². The molecule has 0 aliphatic carbocycles. The lowest BCUT2D eigenvalue weighted by atomic mass is 10.1. The minimum absolute atomic E-state index is 0.154. The molecule has 1 saturated heterocycles. The molecule has 1 fully saturated rings. The van der Waals surface area contributed by atoms with Crippen molar-refractivity contribution in [2.75, 3.05) is 38.0 Å². The molecule has 8 heteroatoms. The fourth-order valence-corrected chi connectivity index (χ4v) is 4.79. The molecule has 0 unspecified atom stereocenters. The summed E-state index contributed by atoms with van der Waals surface area (Å²) in [5.41, 5.74) is 1.29. The summed E-state index contributed by atoms with van der Waals surface area (Å²) in [5.74, 6) is -0.209. The Morgan fingerprint density at radius 3 is 2.29 bits per heavy atom. The summed E-state index contributed by atoms with van der Waals surface area (Å²) in [7, 11) is -3.52. The van der Waals surface area contributed by atoms with E-state index in [1.807, 2.05) is 12.1 Å². The van der Waals surface area contributed by atoms with E-state index in [2.05, 4.69) is 17.1 Å². The molecule has 0 bridgehead atoms. The first-order valence-corrected chi connectivity index (χ1v) is 11.1. The van der Waals surface area contributed by atoms with E-state index in [0.29, 0.717) is 23.8 Å². The van der Waals surface area contributed by atoms with Crippen LogP contribution in [0.2, 0.25) is 5.02 Å². The first-order valence-electron chi connectivity index (χ1n) is 9.26. The van der Waals surface area contributed by atoms with Gasteiger partial charge < -0.3 is 10.2 Å². The van der Waals surface area contributed by atoms with Crippen molar-refractivity contribution in [3.05, 3.63) is 59.1 Å². The lowest BCUT2D eigenvalue weighted by molar-refractivity contribution is -0.115. The zero-order valence-electron chi connectivity index (χ0n) is 15.8. The van der Waals surface area contributed by atoms with Crippen molar-refractivity contribution in [3.63, 3.8) is 0 Å². The average Bonchev–Trinajstić information content (AvgIpc) is 2.70. The second kappa shape index (κ2) is 9.05. The minimum Gasteiger partial charge on any atom is -0.326 e. The maximum absolute atomic E-state index is 12.8. The van der Waals surface area contributed by atoms with Crippen molar-refractivity contribution in [2.45, 2.75) is 18.2 Å². The van der Waals surface area contributed by atoms with E-state index in [1.54, 1.807) is 24.3 Å². The Kier molecular flexibility index (Phi) is 6.72. The second-order valence-corrected chi connectivity index (χ2v) is 9.02. The summed E-state index contributed by atoms with van der Waals surface area (Å²) in [5, 5.41) is 3.32. The van der Waals surface area contributed by atoms with Crippen LogP contribution in [0.1, 0.15) is 12.5 Å². The maximum Gasteiger partial charge on any atom is 0.243 e. The molecule has 1 heterocycles. The molecule has 1 N–H and O–H groups in total. The van der Waals surface area contributed by atoms with Crippen molar-refractivity contribution in [1.29, 1.82) is 0 Å². The van der Waals surface area contributed by atoms with Crippen molar-refractivity contribution in [3.8, 4) is 0 Å². The SMILES string of the molecule is CCN1CCN(S(=O)(=O)c2ccc(NC(=O)Cc3ccccc3Cl)cc2)CC1. The van der Waals surface area contributed by atoms with Gasteiger partial charge in [0.2, 0.25) is 15.9 Å². The van der Waals surface area contributed by atoms with Crippen LogP contribution in [0.4, 0.5) is 5.69 Å². The van der Waals surface area contributed by atoms with Gasteiger partial charge in [-0.1, -0.05) is 36.7 Å². The van der Waals surface area contributed by atoms with Gasteiger partial charge in [0.15, 0.2) is 0 Å². The van der Waals surface area contributed by atoms with Gasteiger partial charge in [-0.15, -0.1) is 0 Å². The highest BCUT2D eigenvalue weighted by Crippen LogP contribution is 2.21. The molecule has 1 aliphatic rings. The monoisotopic (exact) mass is 421 g/mol. The van der Waals surface area contributed by atoms with Crippen LogP contribution in [0.5, 0.6) is 0 Å². The third-order valence-corrected chi connectivity index (χ3v) is 7.14. The molecule has 28 heavy (non-hydrogen) atoms. The van der Waals surface area contributed by atoms with E-state index in [4.69, 9.17) is 11.6 Å². The zero-order chi connectivity index (χ0) is 20.1. The van der Waals surface area contributed by atoms with Crippen LogP contribution in [0.25, 0.3) is 0 Å². The molecule has 0 atom stereocenters. The molecule has 0 saturated carbocycles. The van der Waals surface area contributed by atoms with Gasteiger partial charge in [-0.05, 0) is 42.4 Å². The van der Waals surface area contributed by atoms with Crippen molar-refractivity contribution in [2.24, 2.45) is 0 Å². The normalized spacial score (nSPS) is 16.1. The molecule has 0 radical (unpaired) electrons. The van der Waals surface area contributed by atoms with Gasteiger partial charge in [0.1, 0.15) is 0 Å². The Balaban J connectivity index is 1.63. The van der Waals surface area contributed by atoms with Gasteiger partial charge in [0, 0.05) is 36.9 Å². The molecule has 3 rings (SSSR count). The molecule has 6 nitrogen and oxygen atoms in total. The van der Waals surface area contributed by atoms with Gasteiger partial charge >= 0.3 is 0 Å². The summed E-state index contributed by atoms with van der Waals surface area (Å²) in [4.78, 5) is 14.7. The molecular weight excluding hydrogens is 398 g/mol. The summed E-state index contributed by atoms with van der Waals surface area (Å²) < 4.78 is 27.1. The van der Waals surface area contributed by atoms with Crippen LogP contribution >= 0.6 is 11.6 Å². The predicted octanol–water partition coefficient (Wildman–Crippen LogP) is 2.85. The largest absolute Gasteiger partial charge is 0.326 e. The first kappa shape index (κ1) is 20.8. The smallest absolute Gasteiger partial charge is 0.243 e. The molecule has 1 amide bonds. The highest BCUT2D eigenvalue weighted by molar-refractivity contribution is 7.89. The molecular formula is C20H24ClN3O3S. The number of rotatable bonds is 6. The molecule has 0 aromatic heterocycles. The Bertz CT molecular complexity index is 924. The van der Waals surface area contributed by atoms with E-state index in [-0.39, 0.29) is 17.2 Å². The molecule has 150 valence electrons. The summed E-state index contributed by atoms with van der Waals surface area (Å²) in [6.07, 6.45) is 0.154. The lowest BCUT2D eigenvalue weighted by Crippen LogP contribution is -2.48. The van der Waals surface area contributed by atoms with Gasteiger partial charge in [-0.2, -0.15) is 4.31 Å². The summed E-state index contributed by atoms with van der Waals surface area (Å²) in [6.45, 7) is 5.47. The Morgan fingerprint density at radius 1 is 1.04 bits per heavy atom. The van der Waals surface area contributed by atoms with Crippen LogP contribution in [0.15, 0.2) is 53.4 Å². The fraction of sp³-hybridized carbons (Fsp3) is 0.350. The van der Waals surface area contributed by atoms with E-state index >= 15 is 0 Å². The van der Waals surface area contributed by atoms with Crippen LogP contribution < -0.4 is 5.32 Å².